The first kappa shape index (κ1) is 13.3. The number of carbonyl (C=O) groups excluding carboxylic acids is 1. The molecule has 1 fully saturated rings. The number of halogens is 2. The van der Waals surface area contributed by atoms with Crippen LogP contribution in [0.1, 0.15) is 19.8 Å². The summed E-state index contributed by atoms with van der Waals surface area (Å²) >= 11 is 5.78. The molecule has 0 bridgehead atoms. The zero-order valence-corrected chi connectivity index (χ0v) is 10.9. The first-order chi connectivity index (χ1) is 8.56. The fourth-order valence-electron chi connectivity index (χ4n) is 2.20. The molecule has 1 aliphatic heterocycles. The first-order valence-corrected chi connectivity index (χ1v) is 6.43. The molecule has 1 aromatic rings. The third-order valence-corrected chi connectivity index (χ3v) is 3.42. The van der Waals surface area contributed by atoms with Crippen molar-refractivity contribution < 1.29 is 9.18 Å². The molecule has 98 valence electrons. The van der Waals surface area contributed by atoms with Gasteiger partial charge in [-0.2, -0.15) is 0 Å². The molecule has 2 unspecified atom stereocenters. The molecule has 0 spiro atoms. The Labute approximate surface area is 111 Å². The Morgan fingerprint density at radius 2 is 2.33 bits per heavy atom. The second-order valence-corrected chi connectivity index (χ2v) is 5.13. The van der Waals surface area contributed by atoms with Crippen molar-refractivity contribution in [3.63, 3.8) is 0 Å². The largest absolute Gasteiger partial charge is 0.323 e. The minimum Gasteiger partial charge on any atom is -0.323 e. The van der Waals surface area contributed by atoms with Crippen LogP contribution in [0.3, 0.4) is 0 Å². The minimum atomic E-state index is -0.463. The highest BCUT2D eigenvalue weighted by atomic mass is 35.5. The van der Waals surface area contributed by atoms with Gasteiger partial charge >= 0.3 is 0 Å². The number of benzene rings is 1. The first-order valence-electron chi connectivity index (χ1n) is 6.05. The Hall–Kier alpha value is -1.13. The molecule has 0 aliphatic carbocycles. The molecule has 1 aliphatic rings. The Bertz CT molecular complexity index is 453. The van der Waals surface area contributed by atoms with E-state index in [0.717, 1.165) is 19.4 Å². The third kappa shape index (κ3) is 3.21. The molecule has 3 nitrogen and oxygen atoms in total. The number of nitrogens with one attached hydrogen (secondary N) is 2. The molecule has 18 heavy (non-hydrogen) atoms. The number of piperidine rings is 1. The Balaban J connectivity index is 2.04. The average molecular weight is 271 g/mol. The van der Waals surface area contributed by atoms with E-state index in [1.54, 1.807) is 0 Å². The molecular weight excluding hydrogens is 255 g/mol. The van der Waals surface area contributed by atoms with Gasteiger partial charge in [-0.1, -0.05) is 11.6 Å². The predicted octanol–water partition coefficient (Wildman–Crippen LogP) is 2.81. The van der Waals surface area contributed by atoms with Gasteiger partial charge in [0, 0.05) is 17.0 Å². The zero-order chi connectivity index (χ0) is 13.1. The third-order valence-electron chi connectivity index (χ3n) is 3.18. The van der Waals surface area contributed by atoms with Crippen LogP contribution in [-0.2, 0) is 4.79 Å². The quantitative estimate of drug-likeness (QED) is 0.868. The zero-order valence-electron chi connectivity index (χ0n) is 10.2. The van der Waals surface area contributed by atoms with E-state index in [2.05, 4.69) is 10.6 Å². The monoisotopic (exact) mass is 270 g/mol. The highest BCUT2D eigenvalue weighted by Crippen LogP contribution is 2.22. The van der Waals surface area contributed by atoms with Gasteiger partial charge in [0.1, 0.15) is 5.82 Å². The lowest BCUT2D eigenvalue weighted by Crippen LogP contribution is -2.40. The molecule has 2 atom stereocenters. The standard InChI is InChI=1S/C13H16ClFN2O/c1-8-6-9(4-5-16-8)13(18)17-12-7-10(14)2-3-11(12)15/h2-3,7-9,16H,4-6H2,1H3,(H,17,18). The van der Waals surface area contributed by atoms with Crippen LogP contribution in [0.4, 0.5) is 10.1 Å². The van der Waals surface area contributed by atoms with Crippen molar-refractivity contribution >= 4 is 23.2 Å². The topological polar surface area (TPSA) is 41.1 Å². The van der Waals surface area contributed by atoms with Crippen LogP contribution >= 0.6 is 11.6 Å². The van der Waals surface area contributed by atoms with E-state index < -0.39 is 5.82 Å². The fraction of sp³-hybridized carbons (Fsp3) is 0.462. The van der Waals surface area contributed by atoms with Crippen LogP contribution < -0.4 is 10.6 Å². The van der Waals surface area contributed by atoms with Crippen LogP contribution in [0, 0.1) is 11.7 Å². The number of rotatable bonds is 2. The van der Waals surface area contributed by atoms with Gasteiger partial charge in [0.25, 0.3) is 0 Å². The molecular formula is C13H16ClFN2O. The summed E-state index contributed by atoms with van der Waals surface area (Å²) in [5.74, 6) is -0.668. The summed E-state index contributed by atoms with van der Waals surface area (Å²) in [7, 11) is 0. The van der Waals surface area contributed by atoms with E-state index in [0.29, 0.717) is 11.1 Å². The van der Waals surface area contributed by atoms with Crippen molar-refractivity contribution in [2.45, 2.75) is 25.8 Å². The van der Waals surface area contributed by atoms with Gasteiger partial charge in [-0.25, -0.2) is 4.39 Å². The van der Waals surface area contributed by atoms with Crippen LogP contribution in [0.2, 0.25) is 5.02 Å². The van der Waals surface area contributed by atoms with E-state index in [9.17, 15) is 9.18 Å². The second kappa shape index (κ2) is 5.67. The molecule has 1 heterocycles. The van der Waals surface area contributed by atoms with Crippen LogP contribution in [0.25, 0.3) is 0 Å². The number of hydrogen-bond donors (Lipinski definition) is 2. The normalized spacial score (nSPS) is 23.7. The van der Waals surface area contributed by atoms with E-state index in [1.165, 1.54) is 18.2 Å². The van der Waals surface area contributed by atoms with Crippen molar-refractivity contribution in [1.82, 2.24) is 5.32 Å². The summed E-state index contributed by atoms with van der Waals surface area (Å²) in [5.41, 5.74) is 0.152. The highest BCUT2D eigenvalue weighted by Gasteiger charge is 2.25. The van der Waals surface area contributed by atoms with Crippen molar-refractivity contribution in [2.24, 2.45) is 5.92 Å². The maximum atomic E-state index is 13.5. The van der Waals surface area contributed by atoms with Crippen LogP contribution in [0.5, 0.6) is 0 Å². The lowest BCUT2D eigenvalue weighted by Gasteiger charge is -2.27. The molecule has 0 radical (unpaired) electrons. The maximum absolute atomic E-state index is 13.5. The van der Waals surface area contributed by atoms with Gasteiger partial charge in [-0.15, -0.1) is 0 Å². The molecule has 2 N–H and O–H groups in total. The second-order valence-electron chi connectivity index (χ2n) is 4.69. The lowest BCUT2D eigenvalue weighted by molar-refractivity contribution is -0.120. The van der Waals surface area contributed by atoms with Crippen molar-refractivity contribution in [2.75, 3.05) is 11.9 Å². The molecule has 1 amide bonds. The summed E-state index contributed by atoms with van der Waals surface area (Å²) < 4.78 is 13.5. The lowest BCUT2D eigenvalue weighted by atomic mass is 9.92. The van der Waals surface area contributed by atoms with E-state index >= 15 is 0 Å². The molecule has 0 aromatic heterocycles. The fourth-order valence-corrected chi connectivity index (χ4v) is 2.37. The SMILES string of the molecule is CC1CC(C(=O)Nc2cc(Cl)ccc2F)CCN1. The summed E-state index contributed by atoms with van der Waals surface area (Å²) in [5, 5.41) is 6.30. The van der Waals surface area contributed by atoms with Crippen molar-refractivity contribution in [3.05, 3.63) is 29.0 Å². The van der Waals surface area contributed by atoms with Gasteiger partial charge in [0.15, 0.2) is 0 Å². The van der Waals surface area contributed by atoms with E-state index in [4.69, 9.17) is 11.6 Å². The van der Waals surface area contributed by atoms with Gasteiger partial charge in [-0.05, 0) is 44.5 Å². The number of amides is 1. The van der Waals surface area contributed by atoms with Crippen molar-refractivity contribution in [3.8, 4) is 0 Å². The minimum absolute atomic E-state index is 0.0698. The average Bonchev–Trinajstić information content (AvgIpc) is 2.34. The summed E-state index contributed by atoms with van der Waals surface area (Å²) in [6.07, 6.45) is 1.55. The number of carbonyl (C=O) groups is 1. The molecule has 1 aromatic carbocycles. The van der Waals surface area contributed by atoms with Gasteiger partial charge in [-0.3, -0.25) is 4.79 Å². The summed E-state index contributed by atoms with van der Waals surface area (Å²) in [6.45, 7) is 2.86. The number of anilines is 1. The Kier molecular flexibility index (Phi) is 4.19. The van der Waals surface area contributed by atoms with Gasteiger partial charge < -0.3 is 10.6 Å². The van der Waals surface area contributed by atoms with E-state index in [-0.39, 0.29) is 17.5 Å². The maximum Gasteiger partial charge on any atom is 0.227 e. The van der Waals surface area contributed by atoms with Crippen molar-refractivity contribution in [1.29, 1.82) is 0 Å². The Morgan fingerprint density at radius 1 is 1.56 bits per heavy atom. The Morgan fingerprint density at radius 3 is 3.06 bits per heavy atom. The smallest absolute Gasteiger partial charge is 0.227 e. The summed E-state index contributed by atoms with van der Waals surface area (Å²) in [6, 6.07) is 4.46. The van der Waals surface area contributed by atoms with Gasteiger partial charge in [0.2, 0.25) is 5.91 Å². The molecule has 5 heteroatoms. The van der Waals surface area contributed by atoms with E-state index in [1.807, 2.05) is 6.92 Å². The van der Waals surface area contributed by atoms with Crippen LogP contribution in [-0.4, -0.2) is 18.5 Å². The highest BCUT2D eigenvalue weighted by molar-refractivity contribution is 6.30. The van der Waals surface area contributed by atoms with Crippen LogP contribution in [0.15, 0.2) is 18.2 Å². The van der Waals surface area contributed by atoms with Gasteiger partial charge in [0.05, 0.1) is 5.69 Å². The molecule has 0 saturated carbocycles. The molecule has 2 rings (SSSR count). The predicted molar refractivity (Wildman–Crippen MR) is 70.2 cm³/mol. The molecule has 1 saturated heterocycles. The number of hydrogen-bond acceptors (Lipinski definition) is 2. The summed E-state index contributed by atoms with van der Waals surface area (Å²) in [4.78, 5) is 12.0.